The molecule has 0 saturated carbocycles. The number of ether oxygens (including phenoxy) is 1. The molecule has 0 fully saturated rings. The standard InChI is InChI=1S/C21H22ClFN4O3/c1-30-11-10-27-19(24)18(20(28)25-21(27)29)26(12-14-6-3-2-4-7-14)13-15-16(22)8-5-9-17(15)23/h2-9H,10-13,24H2,1H3,(H,25,28,29). The number of benzene rings is 2. The van der Waals surface area contributed by atoms with Gasteiger partial charge in [-0.1, -0.05) is 48.0 Å². The van der Waals surface area contributed by atoms with Crippen LogP contribution in [0, 0.1) is 5.82 Å². The molecular formula is C21H22ClFN4O3. The molecule has 9 heteroatoms. The van der Waals surface area contributed by atoms with Gasteiger partial charge in [0.05, 0.1) is 13.2 Å². The molecule has 0 radical (unpaired) electrons. The lowest BCUT2D eigenvalue weighted by Crippen LogP contribution is -2.38. The summed E-state index contributed by atoms with van der Waals surface area (Å²) in [6.07, 6.45) is 0. The molecule has 158 valence electrons. The molecular weight excluding hydrogens is 411 g/mol. The minimum absolute atomic E-state index is 0.0177. The number of H-pyrrole nitrogens is 1. The van der Waals surface area contributed by atoms with E-state index in [0.717, 1.165) is 5.56 Å². The quantitative estimate of drug-likeness (QED) is 0.571. The van der Waals surface area contributed by atoms with Gasteiger partial charge in [0.2, 0.25) is 0 Å². The van der Waals surface area contributed by atoms with Gasteiger partial charge in [0.15, 0.2) is 0 Å². The molecule has 2 aromatic carbocycles. The van der Waals surface area contributed by atoms with Gasteiger partial charge in [-0.25, -0.2) is 9.18 Å². The van der Waals surface area contributed by atoms with Crippen LogP contribution in [0.4, 0.5) is 15.9 Å². The molecule has 0 unspecified atom stereocenters. The van der Waals surface area contributed by atoms with E-state index in [0.29, 0.717) is 0 Å². The number of halogens is 2. The molecule has 1 aromatic heterocycles. The van der Waals surface area contributed by atoms with E-state index in [9.17, 15) is 14.0 Å². The van der Waals surface area contributed by atoms with E-state index in [1.165, 1.54) is 23.8 Å². The number of nitrogens with two attached hydrogens (primary N) is 1. The number of nitrogens with one attached hydrogen (secondary N) is 1. The van der Waals surface area contributed by atoms with E-state index < -0.39 is 17.1 Å². The maximum atomic E-state index is 14.5. The van der Waals surface area contributed by atoms with Crippen LogP contribution in [-0.4, -0.2) is 23.3 Å². The van der Waals surface area contributed by atoms with E-state index >= 15 is 0 Å². The molecule has 0 bridgehead atoms. The minimum atomic E-state index is -0.658. The summed E-state index contributed by atoms with van der Waals surface area (Å²) in [5.41, 5.74) is 6.10. The molecule has 3 N–H and O–H groups in total. The number of nitrogens with zero attached hydrogens (tertiary/aromatic N) is 2. The van der Waals surface area contributed by atoms with Gasteiger partial charge in [0.1, 0.15) is 17.3 Å². The van der Waals surface area contributed by atoms with Gasteiger partial charge in [-0.3, -0.25) is 14.3 Å². The topological polar surface area (TPSA) is 93.3 Å². The Balaban J connectivity index is 2.12. The Bertz CT molecular complexity index is 1110. The normalized spacial score (nSPS) is 10.9. The summed E-state index contributed by atoms with van der Waals surface area (Å²) in [6, 6.07) is 13.7. The second kappa shape index (κ2) is 9.60. The summed E-state index contributed by atoms with van der Waals surface area (Å²) in [4.78, 5) is 28.9. The van der Waals surface area contributed by atoms with Gasteiger partial charge in [-0.15, -0.1) is 0 Å². The third-order valence-corrected chi connectivity index (χ3v) is 5.03. The smallest absolute Gasteiger partial charge is 0.330 e. The number of aromatic amines is 1. The molecule has 0 aliphatic heterocycles. The van der Waals surface area contributed by atoms with Gasteiger partial charge < -0.3 is 15.4 Å². The number of hydrogen-bond donors (Lipinski definition) is 2. The summed E-state index contributed by atoms with van der Waals surface area (Å²) >= 11 is 6.21. The van der Waals surface area contributed by atoms with E-state index in [1.54, 1.807) is 11.0 Å². The predicted molar refractivity (Wildman–Crippen MR) is 115 cm³/mol. The average molecular weight is 433 g/mol. The van der Waals surface area contributed by atoms with Crippen molar-refractivity contribution in [1.82, 2.24) is 9.55 Å². The lowest BCUT2D eigenvalue weighted by Gasteiger charge is -2.27. The molecule has 0 saturated heterocycles. The minimum Gasteiger partial charge on any atom is -0.383 e. The lowest BCUT2D eigenvalue weighted by molar-refractivity contribution is 0.186. The number of nitrogen functional groups attached to an aromatic ring is 1. The number of rotatable bonds is 8. The van der Waals surface area contributed by atoms with Crippen molar-refractivity contribution in [3.05, 3.63) is 91.3 Å². The maximum Gasteiger partial charge on any atom is 0.330 e. The van der Waals surface area contributed by atoms with Crippen molar-refractivity contribution in [2.75, 3.05) is 24.4 Å². The third-order valence-electron chi connectivity index (χ3n) is 4.68. The van der Waals surface area contributed by atoms with Crippen LogP contribution in [0.2, 0.25) is 5.02 Å². The highest BCUT2D eigenvalue weighted by atomic mass is 35.5. The first kappa shape index (κ1) is 21.6. The van der Waals surface area contributed by atoms with Crippen molar-refractivity contribution in [1.29, 1.82) is 0 Å². The van der Waals surface area contributed by atoms with Gasteiger partial charge in [-0.2, -0.15) is 0 Å². The maximum absolute atomic E-state index is 14.5. The molecule has 1 heterocycles. The molecule has 7 nitrogen and oxygen atoms in total. The van der Waals surface area contributed by atoms with Crippen molar-refractivity contribution < 1.29 is 9.13 Å². The van der Waals surface area contributed by atoms with Crippen LogP contribution >= 0.6 is 11.6 Å². The van der Waals surface area contributed by atoms with Gasteiger partial charge in [-0.05, 0) is 17.7 Å². The fourth-order valence-electron chi connectivity index (χ4n) is 3.18. The van der Waals surface area contributed by atoms with Crippen LogP contribution in [0.25, 0.3) is 0 Å². The number of methoxy groups -OCH3 is 1. The fourth-order valence-corrected chi connectivity index (χ4v) is 3.40. The van der Waals surface area contributed by atoms with Crippen LogP contribution < -0.4 is 21.9 Å². The highest BCUT2D eigenvalue weighted by Crippen LogP contribution is 2.26. The Morgan fingerprint density at radius 2 is 1.87 bits per heavy atom. The Morgan fingerprint density at radius 3 is 2.53 bits per heavy atom. The Morgan fingerprint density at radius 1 is 1.13 bits per heavy atom. The second-order valence-corrected chi connectivity index (χ2v) is 7.09. The summed E-state index contributed by atoms with van der Waals surface area (Å²) < 4.78 is 20.7. The summed E-state index contributed by atoms with van der Waals surface area (Å²) in [5, 5.41) is 0.232. The number of aromatic nitrogens is 2. The molecule has 0 amide bonds. The molecule has 30 heavy (non-hydrogen) atoms. The Labute approximate surface area is 177 Å². The monoisotopic (exact) mass is 432 g/mol. The first-order valence-corrected chi connectivity index (χ1v) is 9.63. The van der Waals surface area contributed by atoms with Crippen LogP contribution in [0.1, 0.15) is 11.1 Å². The van der Waals surface area contributed by atoms with Crippen molar-refractivity contribution in [3.8, 4) is 0 Å². The molecule has 0 atom stereocenters. The molecule has 0 aliphatic rings. The summed E-state index contributed by atoms with van der Waals surface area (Å²) in [5.74, 6) is -0.521. The summed E-state index contributed by atoms with van der Waals surface area (Å²) in [6.45, 7) is 0.620. The van der Waals surface area contributed by atoms with Gasteiger partial charge in [0.25, 0.3) is 5.56 Å². The van der Waals surface area contributed by atoms with E-state index in [4.69, 9.17) is 22.1 Å². The Kier molecular flexibility index (Phi) is 6.91. The molecule has 3 rings (SSSR count). The molecule has 0 spiro atoms. The van der Waals surface area contributed by atoms with E-state index in [-0.39, 0.29) is 48.3 Å². The van der Waals surface area contributed by atoms with Crippen LogP contribution in [-0.2, 0) is 24.4 Å². The zero-order valence-electron chi connectivity index (χ0n) is 16.4. The predicted octanol–water partition coefficient (Wildman–Crippen LogP) is 2.76. The zero-order chi connectivity index (χ0) is 21.7. The number of anilines is 2. The number of hydrogen-bond acceptors (Lipinski definition) is 5. The SMILES string of the molecule is COCCn1c(N)c(N(Cc2ccccc2)Cc2c(F)cccc2Cl)c(=O)[nH]c1=O. The first-order valence-electron chi connectivity index (χ1n) is 9.25. The Hall–Kier alpha value is -3.10. The highest BCUT2D eigenvalue weighted by Gasteiger charge is 2.21. The van der Waals surface area contributed by atoms with Crippen LogP contribution in [0.5, 0.6) is 0 Å². The second-order valence-electron chi connectivity index (χ2n) is 6.68. The van der Waals surface area contributed by atoms with Crippen LogP contribution in [0.3, 0.4) is 0 Å². The van der Waals surface area contributed by atoms with Crippen molar-refractivity contribution in [2.45, 2.75) is 19.6 Å². The van der Waals surface area contributed by atoms with Crippen molar-refractivity contribution in [2.24, 2.45) is 0 Å². The third kappa shape index (κ3) is 4.72. The average Bonchev–Trinajstić information content (AvgIpc) is 2.71. The van der Waals surface area contributed by atoms with Crippen molar-refractivity contribution in [3.63, 3.8) is 0 Å². The van der Waals surface area contributed by atoms with Crippen LogP contribution in [0.15, 0.2) is 58.1 Å². The van der Waals surface area contributed by atoms with E-state index in [2.05, 4.69) is 4.98 Å². The molecule has 0 aliphatic carbocycles. The van der Waals surface area contributed by atoms with Gasteiger partial charge in [0, 0.05) is 30.8 Å². The van der Waals surface area contributed by atoms with Gasteiger partial charge >= 0.3 is 5.69 Å². The summed E-state index contributed by atoms with van der Waals surface area (Å²) in [7, 11) is 1.50. The molecule has 3 aromatic rings. The first-order chi connectivity index (χ1) is 14.4. The van der Waals surface area contributed by atoms with E-state index in [1.807, 2.05) is 30.3 Å². The lowest BCUT2D eigenvalue weighted by atomic mass is 10.1. The largest absolute Gasteiger partial charge is 0.383 e. The zero-order valence-corrected chi connectivity index (χ0v) is 17.2. The highest BCUT2D eigenvalue weighted by molar-refractivity contribution is 6.31. The fraction of sp³-hybridized carbons (Fsp3) is 0.238. The van der Waals surface area contributed by atoms with Crippen molar-refractivity contribution >= 4 is 23.1 Å².